The van der Waals surface area contributed by atoms with E-state index in [1.165, 1.54) is 0 Å². The second-order valence-electron chi connectivity index (χ2n) is 5.33. The standard InChI is InChI=1S/C11H21N5O/c1-11(2,12)7-15-3-4-17-10(5-15)6-16-9-13-8-14-16/h8-10H,3-7,12H2,1-2H3. The van der Waals surface area contributed by atoms with Gasteiger partial charge in [0.25, 0.3) is 0 Å². The molecule has 96 valence electrons. The Hall–Kier alpha value is -0.980. The highest BCUT2D eigenvalue weighted by Gasteiger charge is 2.24. The summed E-state index contributed by atoms with van der Waals surface area (Å²) in [6, 6.07) is 0. The number of nitrogens with two attached hydrogens (primary N) is 1. The fourth-order valence-corrected chi connectivity index (χ4v) is 2.15. The highest BCUT2D eigenvalue weighted by atomic mass is 16.5. The first kappa shape index (κ1) is 12.5. The van der Waals surface area contributed by atoms with E-state index in [0.29, 0.717) is 0 Å². The van der Waals surface area contributed by atoms with E-state index in [0.717, 1.165) is 32.8 Å². The zero-order chi connectivity index (χ0) is 12.3. The van der Waals surface area contributed by atoms with Crippen LogP contribution in [0.15, 0.2) is 12.7 Å². The minimum absolute atomic E-state index is 0.158. The van der Waals surface area contributed by atoms with E-state index in [1.54, 1.807) is 12.7 Å². The lowest BCUT2D eigenvalue weighted by Gasteiger charge is -2.36. The molecule has 1 aromatic rings. The molecule has 6 heteroatoms. The van der Waals surface area contributed by atoms with Crippen LogP contribution in [-0.2, 0) is 11.3 Å². The van der Waals surface area contributed by atoms with Crippen LogP contribution in [0.25, 0.3) is 0 Å². The molecule has 2 rings (SSSR count). The summed E-state index contributed by atoms with van der Waals surface area (Å²) >= 11 is 0. The number of hydrogen-bond donors (Lipinski definition) is 1. The Labute approximate surface area is 102 Å². The molecule has 1 saturated heterocycles. The van der Waals surface area contributed by atoms with Gasteiger partial charge in [-0.2, -0.15) is 5.10 Å². The van der Waals surface area contributed by atoms with Crippen molar-refractivity contribution in [1.82, 2.24) is 19.7 Å². The smallest absolute Gasteiger partial charge is 0.137 e. The molecular weight excluding hydrogens is 218 g/mol. The average Bonchev–Trinajstić information content (AvgIpc) is 2.68. The topological polar surface area (TPSA) is 69.2 Å². The van der Waals surface area contributed by atoms with Gasteiger partial charge < -0.3 is 10.5 Å². The SMILES string of the molecule is CC(C)(N)CN1CCOC(Cn2cncn2)C1. The van der Waals surface area contributed by atoms with Crippen molar-refractivity contribution in [3.8, 4) is 0 Å². The zero-order valence-electron chi connectivity index (χ0n) is 10.5. The molecule has 2 N–H and O–H groups in total. The van der Waals surface area contributed by atoms with E-state index in [-0.39, 0.29) is 11.6 Å². The van der Waals surface area contributed by atoms with Crippen molar-refractivity contribution >= 4 is 0 Å². The quantitative estimate of drug-likeness (QED) is 0.782. The molecule has 0 aromatic carbocycles. The van der Waals surface area contributed by atoms with Crippen LogP contribution in [0.2, 0.25) is 0 Å². The molecule has 2 heterocycles. The monoisotopic (exact) mass is 239 g/mol. The highest BCUT2D eigenvalue weighted by molar-refractivity contribution is 4.81. The number of ether oxygens (including phenoxy) is 1. The van der Waals surface area contributed by atoms with Gasteiger partial charge in [0.05, 0.1) is 19.3 Å². The number of morpholine rings is 1. The van der Waals surface area contributed by atoms with Crippen LogP contribution in [0.5, 0.6) is 0 Å². The molecule has 0 amide bonds. The molecule has 0 aliphatic carbocycles. The molecule has 0 spiro atoms. The molecule has 1 aromatic heterocycles. The largest absolute Gasteiger partial charge is 0.374 e. The number of hydrogen-bond acceptors (Lipinski definition) is 5. The summed E-state index contributed by atoms with van der Waals surface area (Å²) in [5.41, 5.74) is 5.88. The van der Waals surface area contributed by atoms with E-state index < -0.39 is 0 Å². The van der Waals surface area contributed by atoms with Gasteiger partial charge in [-0.25, -0.2) is 4.98 Å². The summed E-state index contributed by atoms with van der Waals surface area (Å²) in [5, 5.41) is 4.09. The van der Waals surface area contributed by atoms with Crippen LogP contribution < -0.4 is 5.73 Å². The molecular formula is C11H21N5O. The molecule has 1 aliphatic heterocycles. The van der Waals surface area contributed by atoms with Crippen LogP contribution >= 0.6 is 0 Å². The van der Waals surface area contributed by atoms with Gasteiger partial charge in [-0.1, -0.05) is 0 Å². The van der Waals surface area contributed by atoms with Crippen LogP contribution in [0.4, 0.5) is 0 Å². The first-order valence-electron chi connectivity index (χ1n) is 5.98. The normalized spacial score (nSPS) is 22.9. The molecule has 1 fully saturated rings. The summed E-state index contributed by atoms with van der Waals surface area (Å²) in [6.45, 7) is 8.36. The maximum absolute atomic E-state index is 6.04. The lowest BCUT2D eigenvalue weighted by atomic mass is 10.1. The summed E-state index contributed by atoms with van der Waals surface area (Å²) in [5.74, 6) is 0. The second kappa shape index (κ2) is 5.12. The molecule has 1 aliphatic rings. The lowest BCUT2D eigenvalue weighted by Crippen LogP contribution is -2.52. The van der Waals surface area contributed by atoms with Crippen LogP contribution in [0.1, 0.15) is 13.8 Å². The van der Waals surface area contributed by atoms with E-state index in [2.05, 4.69) is 28.8 Å². The summed E-state index contributed by atoms with van der Waals surface area (Å²) in [6.07, 6.45) is 3.44. The molecule has 1 atom stereocenters. The van der Waals surface area contributed by atoms with Crippen molar-refractivity contribution in [2.75, 3.05) is 26.2 Å². The minimum Gasteiger partial charge on any atom is -0.374 e. The van der Waals surface area contributed by atoms with Crippen molar-refractivity contribution < 1.29 is 4.74 Å². The minimum atomic E-state index is -0.158. The molecule has 0 saturated carbocycles. The Kier molecular flexibility index (Phi) is 3.76. The first-order chi connectivity index (χ1) is 8.03. The Balaban J connectivity index is 1.84. The number of rotatable bonds is 4. The van der Waals surface area contributed by atoms with Crippen LogP contribution in [0.3, 0.4) is 0 Å². The van der Waals surface area contributed by atoms with E-state index >= 15 is 0 Å². The maximum Gasteiger partial charge on any atom is 0.137 e. The molecule has 6 nitrogen and oxygen atoms in total. The fraction of sp³-hybridized carbons (Fsp3) is 0.818. The fourth-order valence-electron chi connectivity index (χ4n) is 2.15. The lowest BCUT2D eigenvalue weighted by molar-refractivity contribution is -0.0418. The number of nitrogens with zero attached hydrogens (tertiary/aromatic N) is 4. The Morgan fingerprint density at radius 2 is 2.35 bits per heavy atom. The van der Waals surface area contributed by atoms with E-state index in [9.17, 15) is 0 Å². The van der Waals surface area contributed by atoms with Gasteiger partial charge in [0.2, 0.25) is 0 Å². The third-order valence-corrected chi connectivity index (χ3v) is 2.71. The summed E-state index contributed by atoms with van der Waals surface area (Å²) in [4.78, 5) is 6.28. The van der Waals surface area contributed by atoms with Crippen LogP contribution in [0, 0.1) is 0 Å². The van der Waals surface area contributed by atoms with Gasteiger partial charge in [0, 0.05) is 25.2 Å². The average molecular weight is 239 g/mol. The summed E-state index contributed by atoms with van der Waals surface area (Å²) < 4.78 is 7.53. The number of aromatic nitrogens is 3. The van der Waals surface area contributed by atoms with Gasteiger partial charge in [0.15, 0.2) is 0 Å². The van der Waals surface area contributed by atoms with Crippen molar-refractivity contribution in [3.63, 3.8) is 0 Å². The Morgan fingerprint density at radius 1 is 1.53 bits per heavy atom. The van der Waals surface area contributed by atoms with Gasteiger partial charge in [0.1, 0.15) is 12.7 Å². The van der Waals surface area contributed by atoms with Crippen molar-refractivity contribution in [2.24, 2.45) is 5.73 Å². The predicted octanol–water partition coefficient (Wildman–Crippen LogP) is -0.284. The van der Waals surface area contributed by atoms with E-state index in [1.807, 2.05) is 4.68 Å². The van der Waals surface area contributed by atoms with Gasteiger partial charge in [-0.3, -0.25) is 9.58 Å². The zero-order valence-corrected chi connectivity index (χ0v) is 10.5. The predicted molar refractivity (Wildman–Crippen MR) is 64.5 cm³/mol. The highest BCUT2D eigenvalue weighted by Crippen LogP contribution is 2.10. The molecule has 0 bridgehead atoms. The van der Waals surface area contributed by atoms with Crippen LogP contribution in [-0.4, -0.2) is 57.5 Å². The van der Waals surface area contributed by atoms with E-state index in [4.69, 9.17) is 10.5 Å². The van der Waals surface area contributed by atoms with Gasteiger partial charge >= 0.3 is 0 Å². The maximum atomic E-state index is 6.04. The van der Waals surface area contributed by atoms with Gasteiger partial charge in [-0.05, 0) is 13.8 Å². The Morgan fingerprint density at radius 3 is 3.00 bits per heavy atom. The molecule has 1 unspecified atom stereocenters. The molecule has 0 radical (unpaired) electrons. The first-order valence-corrected chi connectivity index (χ1v) is 5.98. The van der Waals surface area contributed by atoms with Crippen molar-refractivity contribution in [1.29, 1.82) is 0 Å². The summed E-state index contributed by atoms with van der Waals surface area (Å²) in [7, 11) is 0. The third kappa shape index (κ3) is 4.07. The van der Waals surface area contributed by atoms with Crippen molar-refractivity contribution in [3.05, 3.63) is 12.7 Å². The van der Waals surface area contributed by atoms with Crippen molar-refractivity contribution in [2.45, 2.75) is 32.0 Å². The second-order valence-corrected chi connectivity index (χ2v) is 5.33. The molecule has 17 heavy (non-hydrogen) atoms. The van der Waals surface area contributed by atoms with Gasteiger partial charge in [-0.15, -0.1) is 0 Å². The third-order valence-electron chi connectivity index (χ3n) is 2.71. The Bertz CT molecular complexity index is 332.